The number of aromatic nitrogens is 4. The fraction of sp³-hybridized carbons (Fsp3) is 0.222. The largest absolute Gasteiger partial charge is 0.308 e. The van der Waals surface area contributed by atoms with Crippen molar-refractivity contribution in [2.24, 2.45) is 0 Å². The van der Waals surface area contributed by atoms with Crippen LogP contribution in [0.15, 0.2) is 54.1 Å². The smallest absolute Gasteiger partial charge is 0.191 e. The lowest BCUT2D eigenvalue weighted by molar-refractivity contribution is 0.0990. The Labute approximate surface area is 153 Å². The summed E-state index contributed by atoms with van der Waals surface area (Å²) in [5.74, 6) is -2.00. The minimum Gasteiger partial charge on any atom is -0.308 e. The molecule has 0 aliphatic heterocycles. The van der Waals surface area contributed by atoms with Crippen molar-refractivity contribution in [2.75, 3.05) is 0 Å². The average Bonchev–Trinajstić information content (AvgIpc) is 3.07. The third kappa shape index (κ3) is 4.32. The second kappa shape index (κ2) is 8.18. The van der Waals surface area contributed by atoms with Crippen molar-refractivity contribution in [3.8, 4) is 0 Å². The molecule has 0 bridgehead atoms. The highest BCUT2D eigenvalue weighted by Gasteiger charge is 2.22. The fourth-order valence-electron chi connectivity index (χ4n) is 2.39. The van der Waals surface area contributed by atoms with Gasteiger partial charge in [-0.2, -0.15) is 0 Å². The van der Waals surface area contributed by atoms with Crippen LogP contribution in [0.1, 0.15) is 23.0 Å². The van der Waals surface area contributed by atoms with E-state index in [1.165, 1.54) is 11.8 Å². The van der Waals surface area contributed by atoms with E-state index in [4.69, 9.17) is 0 Å². The van der Waals surface area contributed by atoms with Gasteiger partial charge in [0, 0.05) is 30.9 Å². The van der Waals surface area contributed by atoms with E-state index in [1.54, 1.807) is 19.4 Å². The number of rotatable bonds is 7. The van der Waals surface area contributed by atoms with Crippen LogP contribution in [0.25, 0.3) is 0 Å². The first-order valence-electron chi connectivity index (χ1n) is 7.98. The fourth-order valence-corrected chi connectivity index (χ4v) is 3.31. The van der Waals surface area contributed by atoms with E-state index in [9.17, 15) is 13.6 Å². The molecular formula is C18H16F2N4OS. The number of benzene rings is 1. The number of pyridine rings is 1. The minimum atomic E-state index is -0.862. The van der Waals surface area contributed by atoms with Gasteiger partial charge in [-0.15, -0.1) is 10.2 Å². The maximum Gasteiger partial charge on any atom is 0.191 e. The summed E-state index contributed by atoms with van der Waals surface area (Å²) in [5.41, 5.74) is 0.806. The SMILES string of the molecule is CC(Sc1nncn1CCc1ccccn1)C(=O)c1ccc(F)cc1F. The van der Waals surface area contributed by atoms with Crippen molar-refractivity contribution in [2.45, 2.75) is 30.3 Å². The van der Waals surface area contributed by atoms with Gasteiger partial charge in [-0.1, -0.05) is 17.8 Å². The Bertz CT molecular complexity index is 901. The monoisotopic (exact) mass is 374 g/mol. The van der Waals surface area contributed by atoms with E-state index in [2.05, 4.69) is 15.2 Å². The van der Waals surface area contributed by atoms with Gasteiger partial charge in [0.15, 0.2) is 10.9 Å². The molecule has 0 spiro atoms. The summed E-state index contributed by atoms with van der Waals surface area (Å²) < 4.78 is 28.7. The molecule has 0 N–H and O–H groups in total. The molecule has 0 radical (unpaired) electrons. The molecule has 0 fully saturated rings. The van der Waals surface area contributed by atoms with Crippen molar-refractivity contribution in [3.63, 3.8) is 0 Å². The summed E-state index contributed by atoms with van der Waals surface area (Å²) in [5, 5.41) is 7.89. The number of thioether (sulfide) groups is 1. The Hall–Kier alpha value is -2.61. The van der Waals surface area contributed by atoms with Gasteiger partial charge < -0.3 is 4.57 Å². The zero-order valence-corrected chi connectivity index (χ0v) is 14.8. The molecule has 3 rings (SSSR count). The molecule has 0 saturated carbocycles. The van der Waals surface area contributed by atoms with Crippen LogP contribution in [0.2, 0.25) is 0 Å². The molecule has 0 aliphatic carbocycles. The van der Waals surface area contributed by atoms with Gasteiger partial charge in [0.2, 0.25) is 0 Å². The molecule has 1 unspecified atom stereocenters. The summed E-state index contributed by atoms with van der Waals surface area (Å²) in [6.07, 6.45) is 4.01. The molecule has 2 aromatic heterocycles. The summed E-state index contributed by atoms with van der Waals surface area (Å²) >= 11 is 1.19. The van der Waals surface area contributed by atoms with Crippen LogP contribution in [-0.2, 0) is 13.0 Å². The van der Waals surface area contributed by atoms with E-state index < -0.39 is 22.7 Å². The lowest BCUT2D eigenvalue weighted by Gasteiger charge is -2.11. The van der Waals surface area contributed by atoms with Crippen molar-refractivity contribution >= 4 is 17.5 Å². The number of nitrogens with zero attached hydrogens (tertiary/aromatic N) is 4. The Kier molecular flexibility index (Phi) is 5.72. The molecule has 2 heterocycles. The van der Waals surface area contributed by atoms with E-state index in [1.807, 2.05) is 22.8 Å². The number of hydrogen-bond acceptors (Lipinski definition) is 5. The number of ketones is 1. The molecule has 0 saturated heterocycles. The topological polar surface area (TPSA) is 60.7 Å². The first-order chi connectivity index (χ1) is 12.5. The maximum absolute atomic E-state index is 13.8. The van der Waals surface area contributed by atoms with Crippen LogP contribution < -0.4 is 0 Å². The third-order valence-corrected chi connectivity index (χ3v) is 4.86. The lowest BCUT2D eigenvalue weighted by atomic mass is 10.1. The van der Waals surface area contributed by atoms with E-state index in [0.29, 0.717) is 24.2 Å². The summed E-state index contributed by atoms with van der Waals surface area (Å²) in [6, 6.07) is 8.65. The summed E-state index contributed by atoms with van der Waals surface area (Å²) in [4.78, 5) is 16.7. The zero-order valence-electron chi connectivity index (χ0n) is 14.0. The van der Waals surface area contributed by atoms with Crippen molar-refractivity contribution in [3.05, 3.63) is 71.8 Å². The van der Waals surface area contributed by atoms with Crippen LogP contribution >= 0.6 is 11.8 Å². The molecule has 134 valence electrons. The molecule has 8 heteroatoms. The highest BCUT2D eigenvalue weighted by atomic mass is 32.2. The van der Waals surface area contributed by atoms with E-state index in [-0.39, 0.29) is 5.56 Å². The second-order valence-electron chi connectivity index (χ2n) is 5.63. The maximum atomic E-state index is 13.8. The highest BCUT2D eigenvalue weighted by molar-refractivity contribution is 8.00. The van der Waals surface area contributed by atoms with Crippen LogP contribution in [0.4, 0.5) is 8.78 Å². The molecule has 5 nitrogen and oxygen atoms in total. The third-order valence-electron chi connectivity index (χ3n) is 3.76. The molecule has 26 heavy (non-hydrogen) atoms. The normalized spacial score (nSPS) is 12.1. The number of carbonyl (C=O) groups is 1. The predicted octanol–water partition coefficient (Wildman–Crippen LogP) is 3.56. The van der Waals surface area contributed by atoms with Gasteiger partial charge in [0.05, 0.1) is 10.8 Å². The van der Waals surface area contributed by atoms with Gasteiger partial charge >= 0.3 is 0 Å². The van der Waals surface area contributed by atoms with Crippen LogP contribution in [0.3, 0.4) is 0 Å². The Morgan fingerprint density at radius 2 is 2.12 bits per heavy atom. The van der Waals surface area contributed by atoms with Crippen molar-refractivity contribution < 1.29 is 13.6 Å². The van der Waals surface area contributed by atoms with E-state index >= 15 is 0 Å². The number of aryl methyl sites for hydroxylation is 2. The number of hydrogen-bond donors (Lipinski definition) is 0. The number of Topliss-reactive ketones (excluding diaryl/α,β-unsaturated/α-hetero) is 1. The molecular weight excluding hydrogens is 358 g/mol. The van der Waals surface area contributed by atoms with Crippen LogP contribution in [0, 0.1) is 11.6 Å². The molecule has 0 amide bonds. The van der Waals surface area contributed by atoms with Crippen molar-refractivity contribution in [1.82, 2.24) is 19.7 Å². The van der Waals surface area contributed by atoms with Gasteiger partial charge in [0.1, 0.15) is 18.0 Å². The highest BCUT2D eigenvalue weighted by Crippen LogP contribution is 2.25. The minimum absolute atomic E-state index is 0.133. The van der Waals surface area contributed by atoms with Crippen LogP contribution in [-0.4, -0.2) is 30.8 Å². The summed E-state index contributed by atoms with van der Waals surface area (Å²) in [6.45, 7) is 2.27. The predicted molar refractivity (Wildman–Crippen MR) is 94.0 cm³/mol. The molecule has 0 aliphatic rings. The average molecular weight is 374 g/mol. The molecule has 3 aromatic rings. The van der Waals surface area contributed by atoms with Crippen LogP contribution in [0.5, 0.6) is 0 Å². The van der Waals surface area contributed by atoms with Gasteiger partial charge in [-0.3, -0.25) is 9.78 Å². The summed E-state index contributed by atoms with van der Waals surface area (Å²) in [7, 11) is 0. The van der Waals surface area contributed by atoms with Gasteiger partial charge in [-0.25, -0.2) is 8.78 Å². The van der Waals surface area contributed by atoms with E-state index in [0.717, 1.165) is 17.8 Å². The van der Waals surface area contributed by atoms with Crippen molar-refractivity contribution in [1.29, 1.82) is 0 Å². The number of carbonyl (C=O) groups excluding carboxylic acids is 1. The Morgan fingerprint density at radius 3 is 2.85 bits per heavy atom. The standard InChI is InChI=1S/C18H16F2N4OS/c1-12(17(25)15-6-5-13(19)10-16(15)20)26-18-23-22-11-24(18)9-7-14-4-2-3-8-21-14/h2-6,8,10-12H,7,9H2,1H3. The quantitative estimate of drug-likeness (QED) is 0.467. The Balaban J connectivity index is 1.67. The first-order valence-corrected chi connectivity index (χ1v) is 8.86. The lowest BCUT2D eigenvalue weighted by Crippen LogP contribution is -2.16. The first kappa shape index (κ1) is 18.2. The molecule has 1 atom stereocenters. The zero-order chi connectivity index (χ0) is 18.5. The molecule has 1 aromatic carbocycles. The number of halogens is 2. The van der Waals surface area contributed by atoms with Gasteiger partial charge in [-0.05, 0) is 31.2 Å². The van der Waals surface area contributed by atoms with Gasteiger partial charge in [0.25, 0.3) is 0 Å². The second-order valence-corrected chi connectivity index (χ2v) is 6.93. The Morgan fingerprint density at radius 1 is 1.27 bits per heavy atom.